The molecular weight excluding hydrogens is 584 g/mol. The average Bonchev–Trinajstić information content (AvgIpc) is 3.50. The third-order valence-corrected chi connectivity index (χ3v) is 5.98. The van der Waals surface area contributed by atoms with Gasteiger partial charge in [-0.15, -0.1) is 0 Å². The Kier molecular flexibility index (Phi) is 24.5. The quantitative estimate of drug-likeness (QED) is 0.0444. The first-order valence-electron chi connectivity index (χ1n) is 14.6. The number of thiol groups is 1. The van der Waals surface area contributed by atoms with Gasteiger partial charge in [-0.3, -0.25) is 14.4 Å². The maximum absolute atomic E-state index is 12.2. The number of nitrogens with zero attached hydrogens (tertiary/aromatic N) is 1. The Morgan fingerprint density at radius 2 is 1.37 bits per heavy atom. The van der Waals surface area contributed by atoms with Crippen molar-refractivity contribution in [2.45, 2.75) is 44.2 Å². The zero-order chi connectivity index (χ0) is 31.4. The molecule has 0 radical (unpaired) electrons. The van der Waals surface area contributed by atoms with Gasteiger partial charge in [0.05, 0.1) is 91.7 Å². The number of rotatable bonds is 30. The van der Waals surface area contributed by atoms with E-state index in [4.69, 9.17) is 39.9 Å². The molecule has 0 saturated carbocycles. The molecule has 0 aliphatic carbocycles. The second-order valence-corrected chi connectivity index (χ2v) is 9.79. The summed E-state index contributed by atoms with van der Waals surface area (Å²) in [4.78, 5) is 42.8. The van der Waals surface area contributed by atoms with Crippen LogP contribution in [-0.2, 0) is 49.2 Å². The predicted octanol–water partition coefficient (Wildman–Crippen LogP) is -1.04. The Bertz CT molecular complexity index is 838. The number of unbranched alkanes of at least 4 members (excludes halogenated alkanes) is 1. The third kappa shape index (κ3) is 22.8. The first-order chi connectivity index (χ1) is 20.9. The first kappa shape index (κ1) is 38.7. The van der Waals surface area contributed by atoms with E-state index in [1.807, 2.05) is 0 Å². The number of amides is 3. The van der Waals surface area contributed by atoms with Crippen LogP contribution in [0.25, 0.3) is 0 Å². The molecule has 0 aliphatic rings. The molecule has 0 aliphatic heterocycles. The summed E-state index contributed by atoms with van der Waals surface area (Å²) in [6, 6.07) is -1.48. The van der Waals surface area contributed by atoms with Crippen molar-refractivity contribution in [2.24, 2.45) is 11.5 Å². The second-order valence-electron chi connectivity index (χ2n) is 9.34. The molecule has 248 valence electrons. The summed E-state index contributed by atoms with van der Waals surface area (Å²) in [5.41, 5.74) is 12.1. The van der Waals surface area contributed by atoms with Crippen molar-refractivity contribution in [3.05, 3.63) is 18.2 Å². The van der Waals surface area contributed by atoms with Crippen LogP contribution in [0, 0.1) is 0 Å². The van der Waals surface area contributed by atoms with Crippen molar-refractivity contribution < 1.29 is 42.8 Å². The van der Waals surface area contributed by atoms with Gasteiger partial charge in [0.2, 0.25) is 17.7 Å². The van der Waals surface area contributed by atoms with Crippen molar-refractivity contribution in [2.75, 3.05) is 91.6 Å². The molecule has 0 spiro atoms. The SMILES string of the molecule is NC(=O)C(CCCCNC(=O)C(N)Cc1cnc[nH]1)NC(=O)CCOCCOCCOCCOCCOCCOCCS. The standard InChI is InChI=1S/C27H50N6O9S/c28-23(19-22-20-30-21-32-22)27(36)31-5-2-1-3-24(26(29)35)33-25(34)4-6-37-7-8-38-9-10-39-11-12-40-13-14-41-15-16-42-17-18-43/h20-21,23-24,43H,1-19,28H2,(H2,29,35)(H,30,32)(H,31,36)(H,33,34). The Hall–Kier alpha value is -2.31. The highest BCUT2D eigenvalue weighted by Gasteiger charge is 2.18. The van der Waals surface area contributed by atoms with Gasteiger partial charge in [0.25, 0.3) is 0 Å². The van der Waals surface area contributed by atoms with E-state index in [0.29, 0.717) is 111 Å². The van der Waals surface area contributed by atoms with Gasteiger partial charge in [0.15, 0.2) is 0 Å². The lowest BCUT2D eigenvalue weighted by Crippen LogP contribution is -2.45. The van der Waals surface area contributed by atoms with Crippen LogP contribution in [-0.4, -0.2) is 131 Å². The van der Waals surface area contributed by atoms with Crippen molar-refractivity contribution in [3.63, 3.8) is 0 Å². The number of primary amides is 1. The highest BCUT2D eigenvalue weighted by molar-refractivity contribution is 7.80. The normalized spacial score (nSPS) is 12.6. The predicted molar refractivity (Wildman–Crippen MR) is 162 cm³/mol. The molecule has 43 heavy (non-hydrogen) atoms. The van der Waals surface area contributed by atoms with E-state index in [-0.39, 0.29) is 24.8 Å². The fraction of sp³-hybridized carbons (Fsp3) is 0.778. The van der Waals surface area contributed by atoms with Crippen molar-refractivity contribution in [3.8, 4) is 0 Å². The minimum Gasteiger partial charge on any atom is -0.379 e. The summed E-state index contributed by atoms with van der Waals surface area (Å²) in [5.74, 6) is -0.514. The van der Waals surface area contributed by atoms with Gasteiger partial charge in [0.1, 0.15) is 6.04 Å². The Morgan fingerprint density at radius 3 is 1.86 bits per heavy atom. The number of carbonyl (C=O) groups is 3. The van der Waals surface area contributed by atoms with Gasteiger partial charge in [-0.25, -0.2) is 4.98 Å². The number of nitrogens with one attached hydrogen (secondary N) is 3. The van der Waals surface area contributed by atoms with Gasteiger partial charge in [-0.2, -0.15) is 12.6 Å². The minimum atomic E-state index is -0.791. The number of aromatic amines is 1. The van der Waals surface area contributed by atoms with E-state index >= 15 is 0 Å². The molecule has 15 nitrogen and oxygen atoms in total. The molecule has 1 aromatic rings. The highest BCUT2D eigenvalue weighted by Crippen LogP contribution is 2.02. The molecule has 0 fully saturated rings. The summed E-state index contributed by atoms with van der Waals surface area (Å²) in [6.07, 6.45) is 5.14. The monoisotopic (exact) mass is 634 g/mol. The fourth-order valence-electron chi connectivity index (χ4n) is 3.53. The lowest BCUT2D eigenvalue weighted by atomic mass is 10.1. The number of ether oxygens (including phenoxy) is 6. The molecule has 7 N–H and O–H groups in total. The smallest absolute Gasteiger partial charge is 0.239 e. The molecular formula is C27H50N6O9S. The van der Waals surface area contributed by atoms with Gasteiger partial charge in [-0.1, -0.05) is 0 Å². The topological polar surface area (TPSA) is 211 Å². The number of carbonyl (C=O) groups excluding carboxylic acids is 3. The van der Waals surface area contributed by atoms with E-state index in [1.165, 1.54) is 6.33 Å². The Labute approximate surface area is 259 Å². The van der Waals surface area contributed by atoms with Gasteiger partial charge in [-0.05, 0) is 19.3 Å². The maximum atomic E-state index is 12.2. The average molecular weight is 635 g/mol. The molecule has 0 aromatic carbocycles. The largest absolute Gasteiger partial charge is 0.379 e. The van der Waals surface area contributed by atoms with Gasteiger partial charge >= 0.3 is 0 Å². The van der Waals surface area contributed by atoms with Crippen LogP contribution in [0.4, 0.5) is 0 Å². The maximum Gasteiger partial charge on any atom is 0.239 e. The lowest BCUT2D eigenvalue weighted by Gasteiger charge is -2.16. The van der Waals surface area contributed by atoms with Crippen LogP contribution in [0.5, 0.6) is 0 Å². The van der Waals surface area contributed by atoms with E-state index in [1.54, 1.807) is 6.20 Å². The van der Waals surface area contributed by atoms with Gasteiger partial charge in [0, 0.05) is 37.0 Å². The summed E-state index contributed by atoms with van der Waals surface area (Å²) in [7, 11) is 0. The van der Waals surface area contributed by atoms with Crippen LogP contribution >= 0.6 is 12.6 Å². The molecule has 0 saturated heterocycles. The zero-order valence-electron chi connectivity index (χ0n) is 25.0. The Morgan fingerprint density at radius 1 is 0.837 bits per heavy atom. The molecule has 1 rings (SSSR count). The number of nitrogens with two attached hydrogens (primary N) is 2. The highest BCUT2D eigenvalue weighted by atomic mass is 32.1. The first-order valence-corrected chi connectivity index (χ1v) is 15.2. The van der Waals surface area contributed by atoms with E-state index in [9.17, 15) is 14.4 Å². The number of H-pyrrole nitrogens is 1. The van der Waals surface area contributed by atoms with Crippen LogP contribution < -0.4 is 22.1 Å². The fourth-order valence-corrected chi connectivity index (χ4v) is 3.65. The van der Waals surface area contributed by atoms with E-state index < -0.39 is 18.0 Å². The lowest BCUT2D eigenvalue weighted by molar-refractivity contribution is -0.128. The molecule has 2 unspecified atom stereocenters. The van der Waals surface area contributed by atoms with E-state index in [0.717, 1.165) is 5.69 Å². The van der Waals surface area contributed by atoms with Crippen LogP contribution in [0.3, 0.4) is 0 Å². The molecule has 1 aromatic heterocycles. The number of aromatic nitrogens is 2. The van der Waals surface area contributed by atoms with Crippen molar-refractivity contribution in [1.82, 2.24) is 20.6 Å². The molecule has 16 heteroatoms. The van der Waals surface area contributed by atoms with Crippen LogP contribution in [0.2, 0.25) is 0 Å². The van der Waals surface area contributed by atoms with Crippen molar-refractivity contribution >= 4 is 30.4 Å². The zero-order valence-corrected chi connectivity index (χ0v) is 25.9. The molecule has 1 heterocycles. The van der Waals surface area contributed by atoms with E-state index in [2.05, 4.69) is 33.2 Å². The minimum absolute atomic E-state index is 0.0893. The van der Waals surface area contributed by atoms with Gasteiger partial charge < -0.3 is 55.5 Å². The number of hydrogen-bond donors (Lipinski definition) is 6. The molecule has 0 bridgehead atoms. The summed E-state index contributed by atoms with van der Waals surface area (Å²) in [6.45, 7) is 5.78. The van der Waals surface area contributed by atoms with Crippen molar-refractivity contribution in [1.29, 1.82) is 0 Å². The summed E-state index contributed by atoms with van der Waals surface area (Å²) in [5, 5.41) is 5.40. The second kappa shape index (κ2) is 27.3. The summed E-state index contributed by atoms with van der Waals surface area (Å²) < 4.78 is 32.3. The van der Waals surface area contributed by atoms with Crippen LogP contribution in [0.1, 0.15) is 31.4 Å². The third-order valence-electron chi connectivity index (χ3n) is 5.80. The Balaban J connectivity index is 1.92. The van der Waals surface area contributed by atoms with Crippen LogP contribution in [0.15, 0.2) is 12.5 Å². The number of hydrogen-bond acceptors (Lipinski definition) is 12. The number of imidazole rings is 1. The molecule has 2 atom stereocenters. The summed E-state index contributed by atoms with van der Waals surface area (Å²) >= 11 is 4.05. The molecule has 3 amide bonds.